The monoisotopic (exact) mass is 95.0 g/mol. The standard InChI is InChI=1S/C3H5NO.Mg/c1-2-5-3-4-1;/h3H,1-2H2;. The van der Waals surface area contributed by atoms with Crippen molar-refractivity contribution in [2.24, 2.45) is 4.99 Å². The number of nitrogens with zero attached hydrogens (tertiary/aromatic N) is 1. The highest BCUT2D eigenvalue weighted by molar-refractivity contribution is 5.75. The van der Waals surface area contributed by atoms with Gasteiger partial charge in [0, 0.05) is 23.1 Å². The maximum absolute atomic E-state index is 4.65. The molecule has 1 aliphatic heterocycles. The largest absolute Gasteiger partial charge is 0.482 e. The Hall–Kier alpha value is 0.236. The van der Waals surface area contributed by atoms with Gasteiger partial charge >= 0.3 is 0 Å². The Morgan fingerprint density at radius 3 is 2.67 bits per heavy atom. The van der Waals surface area contributed by atoms with E-state index in [-0.39, 0.29) is 23.1 Å². The maximum atomic E-state index is 4.65. The van der Waals surface area contributed by atoms with Gasteiger partial charge in [-0.3, -0.25) is 4.99 Å². The highest BCUT2D eigenvalue weighted by Crippen LogP contribution is 1.78. The number of aliphatic imine (C=N–C) groups is 1. The van der Waals surface area contributed by atoms with Crippen LogP contribution < -0.4 is 0 Å². The molecule has 0 saturated heterocycles. The topological polar surface area (TPSA) is 21.6 Å². The highest BCUT2D eigenvalue weighted by atomic mass is 24.3. The molecule has 0 aromatic carbocycles. The molecule has 0 N–H and O–H groups in total. The van der Waals surface area contributed by atoms with Crippen molar-refractivity contribution < 1.29 is 4.74 Å². The van der Waals surface area contributed by atoms with Crippen molar-refractivity contribution in [3.05, 3.63) is 0 Å². The molecule has 30 valence electrons. The molecule has 0 saturated carbocycles. The van der Waals surface area contributed by atoms with Gasteiger partial charge in [0.25, 0.3) is 0 Å². The summed E-state index contributed by atoms with van der Waals surface area (Å²) in [6.07, 6.45) is 1.49. The van der Waals surface area contributed by atoms with Crippen molar-refractivity contribution >= 4 is 29.5 Å². The Morgan fingerprint density at radius 1 is 1.67 bits per heavy atom. The van der Waals surface area contributed by atoms with Crippen LogP contribution in [0.2, 0.25) is 0 Å². The molecule has 2 radical (unpaired) electrons. The lowest BCUT2D eigenvalue weighted by atomic mass is 10.8. The third-order valence-corrected chi connectivity index (χ3v) is 0.487. The van der Waals surface area contributed by atoms with Gasteiger partial charge in [-0.1, -0.05) is 0 Å². The fourth-order valence-electron chi connectivity index (χ4n) is 0.264. The van der Waals surface area contributed by atoms with Crippen LogP contribution in [0.1, 0.15) is 0 Å². The van der Waals surface area contributed by atoms with E-state index in [0.717, 1.165) is 13.2 Å². The van der Waals surface area contributed by atoms with Crippen LogP contribution in [0.15, 0.2) is 4.99 Å². The smallest absolute Gasteiger partial charge is 0.169 e. The first-order chi connectivity index (χ1) is 2.50. The minimum atomic E-state index is 0. The van der Waals surface area contributed by atoms with Crippen LogP contribution in [0.5, 0.6) is 0 Å². The summed E-state index contributed by atoms with van der Waals surface area (Å²) in [6.45, 7) is 1.62. The first kappa shape index (κ1) is 6.24. The molecule has 2 nitrogen and oxygen atoms in total. The molecule has 0 aliphatic carbocycles. The second-order valence-electron chi connectivity index (χ2n) is 0.882. The van der Waals surface area contributed by atoms with E-state index in [0.29, 0.717) is 0 Å². The Morgan fingerprint density at radius 2 is 2.50 bits per heavy atom. The van der Waals surface area contributed by atoms with Gasteiger partial charge in [0.1, 0.15) is 6.61 Å². The molecule has 1 rings (SSSR count). The van der Waals surface area contributed by atoms with Gasteiger partial charge in [0.15, 0.2) is 6.40 Å². The minimum absolute atomic E-state index is 0. The molecule has 0 aromatic heterocycles. The molecule has 1 aliphatic rings. The molecular formula is C3H5MgNO. The Kier molecular flexibility index (Phi) is 3.56. The lowest BCUT2D eigenvalue weighted by Crippen LogP contribution is -1.80. The lowest BCUT2D eigenvalue weighted by molar-refractivity contribution is 0.361. The van der Waals surface area contributed by atoms with Crippen molar-refractivity contribution in [1.29, 1.82) is 0 Å². The Labute approximate surface area is 52.7 Å². The third kappa shape index (κ3) is 1.62. The Balaban J connectivity index is 0.000000250. The van der Waals surface area contributed by atoms with Crippen molar-refractivity contribution in [1.82, 2.24) is 0 Å². The quantitative estimate of drug-likeness (QED) is 0.377. The molecule has 0 aromatic rings. The number of ether oxygens (including phenoxy) is 1. The van der Waals surface area contributed by atoms with E-state index in [1.807, 2.05) is 0 Å². The molecule has 0 unspecified atom stereocenters. The zero-order valence-corrected chi connectivity index (χ0v) is 4.97. The van der Waals surface area contributed by atoms with Crippen molar-refractivity contribution in [2.75, 3.05) is 13.2 Å². The van der Waals surface area contributed by atoms with Gasteiger partial charge in [-0.25, -0.2) is 0 Å². The molecule has 0 atom stereocenters. The first-order valence-corrected chi connectivity index (χ1v) is 1.60. The summed E-state index contributed by atoms with van der Waals surface area (Å²) in [5.41, 5.74) is 0. The Bertz CT molecular complexity index is 48.8. The van der Waals surface area contributed by atoms with E-state index in [1.54, 1.807) is 0 Å². The summed E-state index contributed by atoms with van der Waals surface area (Å²) in [4.78, 5) is 3.74. The second-order valence-corrected chi connectivity index (χ2v) is 0.882. The molecule has 1 heterocycles. The molecule has 6 heavy (non-hydrogen) atoms. The first-order valence-electron chi connectivity index (χ1n) is 1.60. The van der Waals surface area contributed by atoms with E-state index in [4.69, 9.17) is 0 Å². The van der Waals surface area contributed by atoms with E-state index < -0.39 is 0 Å². The normalized spacial score (nSPS) is 16.0. The molecule has 0 bridgehead atoms. The average molecular weight is 95.4 g/mol. The summed E-state index contributed by atoms with van der Waals surface area (Å²) >= 11 is 0. The molecule has 0 amide bonds. The summed E-state index contributed by atoms with van der Waals surface area (Å²) in [5.74, 6) is 0. The predicted molar refractivity (Wildman–Crippen MR) is 25.1 cm³/mol. The van der Waals surface area contributed by atoms with Crippen molar-refractivity contribution in [3.63, 3.8) is 0 Å². The van der Waals surface area contributed by atoms with Crippen LogP contribution in [0, 0.1) is 0 Å². The zero-order chi connectivity index (χ0) is 3.54. The van der Waals surface area contributed by atoms with Crippen LogP contribution in [0.3, 0.4) is 0 Å². The highest BCUT2D eigenvalue weighted by Gasteiger charge is 1.84. The van der Waals surface area contributed by atoms with Crippen LogP contribution in [0.4, 0.5) is 0 Å². The van der Waals surface area contributed by atoms with E-state index in [2.05, 4.69) is 9.73 Å². The average Bonchev–Trinajstić information content (AvgIpc) is 1.76. The van der Waals surface area contributed by atoms with Gasteiger partial charge in [-0.2, -0.15) is 0 Å². The van der Waals surface area contributed by atoms with Gasteiger partial charge in [-0.15, -0.1) is 0 Å². The zero-order valence-electron chi connectivity index (χ0n) is 3.55. The fraction of sp³-hybridized carbons (Fsp3) is 0.667. The van der Waals surface area contributed by atoms with Gasteiger partial charge < -0.3 is 4.74 Å². The van der Waals surface area contributed by atoms with Gasteiger partial charge in [-0.05, 0) is 0 Å². The summed E-state index contributed by atoms with van der Waals surface area (Å²) in [5, 5.41) is 0. The maximum Gasteiger partial charge on any atom is 0.169 e. The van der Waals surface area contributed by atoms with Crippen LogP contribution >= 0.6 is 0 Å². The molecular weight excluding hydrogens is 90.3 g/mol. The van der Waals surface area contributed by atoms with Gasteiger partial charge in [0.05, 0.1) is 6.54 Å². The minimum Gasteiger partial charge on any atom is -0.482 e. The van der Waals surface area contributed by atoms with Crippen molar-refractivity contribution in [2.45, 2.75) is 0 Å². The van der Waals surface area contributed by atoms with Crippen LogP contribution in [0.25, 0.3) is 0 Å². The number of hydrogen-bond acceptors (Lipinski definition) is 2. The SMILES string of the molecule is C1=NCCO1.[Mg]. The third-order valence-electron chi connectivity index (χ3n) is 0.487. The second kappa shape index (κ2) is 3.43. The molecule has 3 heteroatoms. The molecule has 0 fully saturated rings. The fourth-order valence-corrected chi connectivity index (χ4v) is 0.264. The lowest BCUT2D eigenvalue weighted by Gasteiger charge is -1.76. The van der Waals surface area contributed by atoms with Crippen molar-refractivity contribution in [3.8, 4) is 0 Å². The summed E-state index contributed by atoms with van der Waals surface area (Å²) in [7, 11) is 0. The number of hydrogen-bond donors (Lipinski definition) is 0. The van der Waals surface area contributed by atoms with Gasteiger partial charge in [0.2, 0.25) is 0 Å². The van der Waals surface area contributed by atoms with Crippen LogP contribution in [-0.2, 0) is 4.74 Å². The molecule has 0 spiro atoms. The van der Waals surface area contributed by atoms with E-state index in [9.17, 15) is 0 Å². The van der Waals surface area contributed by atoms with E-state index in [1.165, 1.54) is 6.40 Å². The summed E-state index contributed by atoms with van der Waals surface area (Å²) in [6, 6.07) is 0. The number of rotatable bonds is 0. The van der Waals surface area contributed by atoms with E-state index >= 15 is 0 Å². The predicted octanol–water partition coefficient (Wildman–Crippen LogP) is -0.336. The summed E-state index contributed by atoms with van der Waals surface area (Å²) < 4.78 is 4.65. The van der Waals surface area contributed by atoms with Crippen LogP contribution in [-0.4, -0.2) is 42.6 Å².